The van der Waals surface area contributed by atoms with Gasteiger partial charge in [-0.3, -0.25) is 4.98 Å². The Morgan fingerprint density at radius 3 is 2.63 bits per heavy atom. The van der Waals surface area contributed by atoms with E-state index >= 15 is 0 Å². The third kappa shape index (κ3) is 2.48. The van der Waals surface area contributed by atoms with Crippen molar-refractivity contribution in [1.82, 2.24) is 9.97 Å². The first kappa shape index (κ1) is 11.9. The van der Waals surface area contributed by atoms with Crippen molar-refractivity contribution in [3.05, 3.63) is 53.5 Å². The van der Waals surface area contributed by atoms with Crippen molar-refractivity contribution in [2.75, 3.05) is 5.73 Å². The van der Waals surface area contributed by atoms with E-state index in [1.807, 2.05) is 54.8 Å². The van der Waals surface area contributed by atoms with Gasteiger partial charge in [0.2, 0.25) is 0 Å². The lowest BCUT2D eigenvalue weighted by molar-refractivity contribution is 1.19. The molecular weight excluding hydrogens is 254 g/mol. The van der Waals surface area contributed by atoms with Crippen LogP contribution in [0.1, 0.15) is 5.69 Å². The largest absolute Gasteiger partial charge is 0.399 e. The lowest BCUT2D eigenvalue weighted by Crippen LogP contribution is -1.87. The fourth-order valence-electron chi connectivity index (χ4n) is 1.88. The van der Waals surface area contributed by atoms with Gasteiger partial charge < -0.3 is 5.73 Å². The molecule has 19 heavy (non-hydrogen) atoms. The van der Waals surface area contributed by atoms with E-state index in [0.29, 0.717) is 0 Å². The van der Waals surface area contributed by atoms with Crippen LogP contribution in [-0.2, 0) is 0 Å². The fraction of sp³-hybridized carbons (Fsp3) is 0.0667. The molecule has 0 radical (unpaired) electrons. The number of hydrogen-bond donors (Lipinski definition) is 1. The minimum atomic E-state index is 0.751. The molecule has 94 valence electrons. The Hall–Kier alpha value is -2.20. The summed E-state index contributed by atoms with van der Waals surface area (Å²) < 4.78 is 0. The summed E-state index contributed by atoms with van der Waals surface area (Å²) in [4.78, 5) is 9.12. The number of aryl methyl sites for hydroxylation is 1. The Labute approximate surface area is 115 Å². The Morgan fingerprint density at radius 1 is 1.00 bits per heavy atom. The number of aromatic nitrogens is 2. The minimum Gasteiger partial charge on any atom is -0.399 e. The van der Waals surface area contributed by atoms with Crippen molar-refractivity contribution >= 4 is 17.0 Å². The van der Waals surface area contributed by atoms with Crippen molar-refractivity contribution < 1.29 is 0 Å². The average molecular weight is 267 g/mol. The molecule has 0 fully saturated rings. The van der Waals surface area contributed by atoms with E-state index in [2.05, 4.69) is 9.97 Å². The summed E-state index contributed by atoms with van der Waals surface area (Å²) in [6.45, 7) is 1.98. The van der Waals surface area contributed by atoms with Gasteiger partial charge in [0.25, 0.3) is 0 Å². The molecule has 3 nitrogen and oxygen atoms in total. The van der Waals surface area contributed by atoms with Crippen LogP contribution in [0.5, 0.6) is 0 Å². The van der Waals surface area contributed by atoms with Crippen molar-refractivity contribution in [2.45, 2.75) is 6.92 Å². The highest BCUT2D eigenvalue weighted by atomic mass is 32.1. The molecule has 3 aromatic rings. The van der Waals surface area contributed by atoms with Crippen LogP contribution in [0.15, 0.2) is 47.8 Å². The van der Waals surface area contributed by atoms with Crippen molar-refractivity contribution in [3.63, 3.8) is 0 Å². The van der Waals surface area contributed by atoms with Crippen molar-refractivity contribution in [3.8, 4) is 22.0 Å². The van der Waals surface area contributed by atoms with Gasteiger partial charge in [-0.15, -0.1) is 11.3 Å². The molecule has 0 amide bonds. The number of nitrogens with two attached hydrogens (primary N) is 1. The van der Waals surface area contributed by atoms with Crippen molar-refractivity contribution in [1.29, 1.82) is 0 Å². The maximum absolute atomic E-state index is 5.80. The first-order chi connectivity index (χ1) is 9.22. The van der Waals surface area contributed by atoms with E-state index in [0.717, 1.165) is 33.3 Å². The van der Waals surface area contributed by atoms with Gasteiger partial charge in [0, 0.05) is 22.3 Å². The van der Waals surface area contributed by atoms with E-state index < -0.39 is 0 Å². The highest BCUT2D eigenvalue weighted by molar-refractivity contribution is 7.13. The SMILES string of the molecule is Cc1cccc(-c2nc(-c3cccc(N)c3)cs2)n1. The first-order valence-electron chi connectivity index (χ1n) is 5.98. The number of nitrogen functional groups attached to an aromatic ring is 1. The lowest BCUT2D eigenvalue weighted by Gasteiger charge is -1.99. The Morgan fingerprint density at radius 2 is 1.84 bits per heavy atom. The van der Waals surface area contributed by atoms with Gasteiger partial charge in [-0.25, -0.2) is 4.98 Å². The number of rotatable bonds is 2. The molecule has 2 N–H and O–H groups in total. The summed E-state index contributed by atoms with van der Waals surface area (Å²) in [5.41, 5.74) is 10.4. The first-order valence-corrected chi connectivity index (χ1v) is 6.86. The van der Waals surface area contributed by atoms with Gasteiger partial charge >= 0.3 is 0 Å². The fourth-order valence-corrected chi connectivity index (χ4v) is 2.68. The molecule has 0 aliphatic carbocycles. The van der Waals surface area contributed by atoms with Crippen LogP contribution in [-0.4, -0.2) is 9.97 Å². The molecule has 0 unspecified atom stereocenters. The molecule has 0 spiro atoms. The van der Waals surface area contributed by atoms with Crippen LogP contribution in [0.4, 0.5) is 5.69 Å². The predicted octanol–water partition coefficient (Wildman–Crippen LogP) is 3.76. The summed E-state index contributed by atoms with van der Waals surface area (Å²) in [7, 11) is 0. The van der Waals surface area contributed by atoms with Crippen LogP contribution in [0.3, 0.4) is 0 Å². The standard InChI is InChI=1S/C15H13N3S/c1-10-4-2-7-13(17-10)15-18-14(9-19-15)11-5-3-6-12(16)8-11/h2-9H,16H2,1H3. The average Bonchev–Trinajstić information content (AvgIpc) is 2.88. The maximum Gasteiger partial charge on any atom is 0.142 e. The zero-order valence-electron chi connectivity index (χ0n) is 10.5. The van der Waals surface area contributed by atoms with E-state index in [-0.39, 0.29) is 0 Å². The lowest BCUT2D eigenvalue weighted by atomic mass is 10.1. The maximum atomic E-state index is 5.80. The molecule has 2 aromatic heterocycles. The smallest absolute Gasteiger partial charge is 0.142 e. The molecule has 0 aliphatic rings. The molecule has 3 rings (SSSR count). The Balaban J connectivity index is 2.00. The molecular formula is C15H13N3S. The molecule has 0 atom stereocenters. The second-order valence-electron chi connectivity index (χ2n) is 4.33. The Kier molecular flexibility index (Phi) is 3.01. The topological polar surface area (TPSA) is 51.8 Å². The number of pyridine rings is 1. The number of nitrogens with zero attached hydrogens (tertiary/aromatic N) is 2. The van der Waals surface area contributed by atoms with Gasteiger partial charge in [-0.05, 0) is 31.2 Å². The highest BCUT2D eigenvalue weighted by Gasteiger charge is 2.07. The van der Waals surface area contributed by atoms with Crippen LogP contribution in [0.25, 0.3) is 22.0 Å². The van der Waals surface area contributed by atoms with Gasteiger partial charge in [0.05, 0.1) is 11.4 Å². The number of benzene rings is 1. The number of thiazole rings is 1. The molecule has 0 bridgehead atoms. The van der Waals surface area contributed by atoms with Crippen molar-refractivity contribution in [2.24, 2.45) is 0 Å². The summed E-state index contributed by atoms with van der Waals surface area (Å²) in [5, 5.41) is 2.97. The number of hydrogen-bond acceptors (Lipinski definition) is 4. The third-order valence-corrected chi connectivity index (χ3v) is 3.66. The predicted molar refractivity (Wildman–Crippen MR) is 79.9 cm³/mol. The van der Waals surface area contributed by atoms with Gasteiger partial charge in [-0.1, -0.05) is 18.2 Å². The number of anilines is 1. The molecule has 0 saturated carbocycles. The van der Waals surface area contributed by atoms with E-state index in [9.17, 15) is 0 Å². The summed E-state index contributed by atoms with van der Waals surface area (Å²) in [6, 6.07) is 13.7. The molecule has 1 aromatic carbocycles. The zero-order valence-corrected chi connectivity index (χ0v) is 11.3. The van der Waals surface area contributed by atoms with Crippen LogP contribution in [0.2, 0.25) is 0 Å². The summed E-state index contributed by atoms with van der Waals surface area (Å²) in [6.07, 6.45) is 0. The van der Waals surface area contributed by atoms with E-state index in [1.165, 1.54) is 0 Å². The normalized spacial score (nSPS) is 10.6. The molecule has 0 aliphatic heterocycles. The summed E-state index contributed by atoms with van der Waals surface area (Å²) >= 11 is 1.60. The zero-order chi connectivity index (χ0) is 13.2. The second-order valence-corrected chi connectivity index (χ2v) is 5.19. The highest BCUT2D eigenvalue weighted by Crippen LogP contribution is 2.28. The Bertz CT molecular complexity index is 659. The van der Waals surface area contributed by atoms with Gasteiger partial charge in [0.1, 0.15) is 5.01 Å². The van der Waals surface area contributed by atoms with E-state index in [1.54, 1.807) is 11.3 Å². The second kappa shape index (κ2) is 4.82. The summed E-state index contributed by atoms with van der Waals surface area (Å²) in [5.74, 6) is 0. The molecule has 0 saturated heterocycles. The third-order valence-electron chi connectivity index (χ3n) is 2.79. The minimum absolute atomic E-state index is 0.751. The van der Waals surface area contributed by atoms with Crippen LogP contribution in [0, 0.1) is 6.92 Å². The van der Waals surface area contributed by atoms with Gasteiger partial charge in [0.15, 0.2) is 0 Å². The molecule has 4 heteroatoms. The van der Waals surface area contributed by atoms with Crippen LogP contribution >= 0.6 is 11.3 Å². The monoisotopic (exact) mass is 267 g/mol. The van der Waals surface area contributed by atoms with Gasteiger partial charge in [-0.2, -0.15) is 0 Å². The molecule has 2 heterocycles. The van der Waals surface area contributed by atoms with E-state index in [4.69, 9.17) is 5.73 Å². The quantitative estimate of drug-likeness (QED) is 0.719. The van der Waals surface area contributed by atoms with Crippen LogP contribution < -0.4 is 5.73 Å².